The molecule has 0 bridgehead atoms. The van der Waals surface area contributed by atoms with Crippen LogP contribution in [0.25, 0.3) is 21.5 Å². The van der Waals surface area contributed by atoms with Crippen molar-refractivity contribution >= 4 is 27.5 Å². The van der Waals surface area contributed by atoms with E-state index in [0.29, 0.717) is 0 Å². The van der Waals surface area contributed by atoms with Gasteiger partial charge in [-0.3, -0.25) is 0 Å². The number of ether oxygens (including phenoxy) is 1. The summed E-state index contributed by atoms with van der Waals surface area (Å²) in [4.78, 5) is 10.1. The second kappa shape index (κ2) is 7.25. The molecular weight excluding hydrogens is 260 g/mol. The van der Waals surface area contributed by atoms with Crippen molar-refractivity contribution in [1.82, 2.24) is 0 Å². The number of fused-ring (bicyclic) bond motifs is 2. The summed E-state index contributed by atoms with van der Waals surface area (Å²) in [6.07, 6.45) is 2.99. The number of benzene rings is 3. The van der Waals surface area contributed by atoms with Crippen LogP contribution in [0.5, 0.6) is 0 Å². The Morgan fingerprint density at radius 2 is 1.24 bits per heavy atom. The van der Waals surface area contributed by atoms with Gasteiger partial charge in [-0.1, -0.05) is 54.6 Å². The lowest BCUT2D eigenvalue weighted by Crippen LogP contribution is -1.92. The topological polar surface area (TPSA) is 26.3 Å². The van der Waals surface area contributed by atoms with Crippen LogP contribution in [0, 0.1) is 0 Å². The van der Waals surface area contributed by atoms with E-state index in [0.717, 1.165) is 0 Å². The van der Waals surface area contributed by atoms with E-state index in [4.69, 9.17) is 0 Å². The second-order valence-corrected chi connectivity index (χ2v) is 4.57. The van der Waals surface area contributed by atoms with Crippen molar-refractivity contribution in [2.45, 2.75) is 6.92 Å². The molecule has 3 rings (SSSR count). The molecule has 0 aliphatic rings. The van der Waals surface area contributed by atoms with Gasteiger partial charge in [0, 0.05) is 6.08 Å². The number of rotatable bonds is 1. The Bertz CT molecular complexity index is 667. The molecular formula is C19H18O2. The van der Waals surface area contributed by atoms with Gasteiger partial charge in [-0.25, -0.2) is 4.79 Å². The molecule has 2 heteroatoms. The van der Waals surface area contributed by atoms with E-state index in [2.05, 4.69) is 65.4 Å². The molecule has 0 spiro atoms. The highest BCUT2D eigenvalue weighted by Crippen LogP contribution is 2.21. The number of esters is 1. The molecule has 2 nitrogen and oxygen atoms in total. The highest BCUT2D eigenvalue weighted by Gasteiger charge is 1.95. The monoisotopic (exact) mass is 278 g/mol. The van der Waals surface area contributed by atoms with E-state index in [1.807, 2.05) is 0 Å². The lowest BCUT2D eigenvalue weighted by molar-refractivity contribution is -0.134. The van der Waals surface area contributed by atoms with E-state index in [-0.39, 0.29) is 5.97 Å². The molecule has 0 heterocycles. The first-order chi connectivity index (χ1) is 10.2. The van der Waals surface area contributed by atoms with Crippen molar-refractivity contribution in [1.29, 1.82) is 0 Å². The molecule has 0 radical (unpaired) electrons. The summed E-state index contributed by atoms with van der Waals surface area (Å²) in [7, 11) is 1.35. The van der Waals surface area contributed by atoms with E-state index < -0.39 is 0 Å². The summed E-state index contributed by atoms with van der Waals surface area (Å²) in [5, 5.41) is 5.25. The molecule has 0 amide bonds. The van der Waals surface area contributed by atoms with E-state index in [1.165, 1.54) is 34.7 Å². The van der Waals surface area contributed by atoms with E-state index in [1.54, 1.807) is 13.0 Å². The van der Waals surface area contributed by atoms with Crippen LogP contribution in [0.15, 0.2) is 72.8 Å². The van der Waals surface area contributed by atoms with Gasteiger partial charge in [0.15, 0.2) is 0 Å². The zero-order valence-electron chi connectivity index (χ0n) is 12.2. The minimum atomic E-state index is -0.303. The summed E-state index contributed by atoms with van der Waals surface area (Å²) < 4.78 is 4.26. The van der Waals surface area contributed by atoms with Crippen molar-refractivity contribution in [2.24, 2.45) is 0 Å². The first-order valence-electron chi connectivity index (χ1n) is 6.83. The van der Waals surface area contributed by atoms with Crippen LogP contribution in [-0.4, -0.2) is 13.1 Å². The van der Waals surface area contributed by atoms with Gasteiger partial charge in [0.2, 0.25) is 0 Å². The Hall–Kier alpha value is -2.61. The standard InChI is InChI=1S/C14H10.C5H8O2/c1-2-6-12-10-14-8-4-3-7-13(14)9-11(12)5-1;1-3-4-5(6)7-2/h1-10H;3-4H,1-2H3. The number of hydrogen-bond acceptors (Lipinski definition) is 2. The van der Waals surface area contributed by atoms with Crippen molar-refractivity contribution in [3.8, 4) is 0 Å². The van der Waals surface area contributed by atoms with Crippen LogP contribution in [0.2, 0.25) is 0 Å². The smallest absolute Gasteiger partial charge is 0.330 e. The molecule has 0 N–H and O–H groups in total. The lowest BCUT2D eigenvalue weighted by atomic mass is 10.0. The zero-order valence-corrected chi connectivity index (χ0v) is 12.2. The number of allylic oxidation sites excluding steroid dienone is 1. The third-order valence-corrected chi connectivity index (χ3v) is 3.12. The van der Waals surface area contributed by atoms with Gasteiger partial charge in [0.1, 0.15) is 0 Å². The predicted molar refractivity (Wildman–Crippen MR) is 88.3 cm³/mol. The van der Waals surface area contributed by atoms with Crippen molar-refractivity contribution in [3.63, 3.8) is 0 Å². The SMILES string of the molecule is CC=CC(=O)OC.c1ccc2cc3ccccc3cc2c1. The lowest BCUT2D eigenvalue weighted by Gasteiger charge is -2.00. The summed E-state index contributed by atoms with van der Waals surface area (Å²) in [5.74, 6) is -0.303. The highest BCUT2D eigenvalue weighted by atomic mass is 16.5. The summed E-state index contributed by atoms with van der Waals surface area (Å²) in [5.41, 5.74) is 0. The van der Waals surface area contributed by atoms with Crippen molar-refractivity contribution in [3.05, 3.63) is 72.8 Å². The fourth-order valence-corrected chi connectivity index (χ4v) is 2.09. The summed E-state index contributed by atoms with van der Waals surface area (Å²) in [6.45, 7) is 1.76. The summed E-state index contributed by atoms with van der Waals surface area (Å²) >= 11 is 0. The predicted octanol–water partition coefficient (Wildman–Crippen LogP) is 4.73. The van der Waals surface area contributed by atoms with Gasteiger partial charge in [0.25, 0.3) is 0 Å². The van der Waals surface area contributed by atoms with Gasteiger partial charge >= 0.3 is 5.97 Å². The molecule has 0 aromatic heterocycles. The van der Waals surface area contributed by atoms with Crippen LogP contribution in [0.4, 0.5) is 0 Å². The molecule has 3 aromatic carbocycles. The number of hydrogen-bond donors (Lipinski definition) is 0. The third-order valence-electron chi connectivity index (χ3n) is 3.12. The Morgan fingerprint density at radius 3 is 1.48 bits per heavy atom. The molecule has 106 valence electrons. The minimum Gasteiger partial charge on any atom is -0.466 e. The number of carbonyl (C=O) groups is 1. The first kappa shape index (κ1) is 14.8. The Morgan fingerprint density at radius 1 is 0.857 bits per heavy atom. The van der Waals surface area contributed by atoms with Gasteiger partial charge in [-0.05, 0) is 40.6 Å². The quantitative estimate of drug-likeness (QED) is 0.365. The third kappa shape index (κ3) is 3.93. The normalized spacial score (nSPS) is 10.4. The van der Waals surface area contributed by atoms with Crippen LogP contribution < -0.4 is 0 Å². The van der Waals surface area contributed by atoms with E-state index >= 15 is 0 Å². The molecule has 21 heavy (non-hydrogen) atoms. The molecule has 0 aliphatic carbocycles. The van der Waals surface area contributed by atoms with Crippen LogP contribution in [-0.2, 0) is 9.53 Å². The molecule has 3 aromatic rings. The Kier molecular flexibility index (Phi) is 5.10. The highest BCUT2D eigenvalue weighted by molar-refractivity contribution is 5.98. The van der Waals surface area contributed by atoms with Crippen LogP contribution >= 0.6 is 0 Å². The van der Waals surface area contributed by atoms with Gasteiger partial charge in [0.05, 0.1) is 7.11 Å². The maximum atomic E-state index is 10.1. The molecule has 0 atom stereocenters. The average Bonchev–Trinajstić information content (AvgIpc) is 2.53. The number of carbonyl (C=O) groups excluding carboxylic acids is 1. The molecule has 0 saturated carbocycles. The first-order valence-corrected chi connectivity index (χ1v) is 6.83. The van der Waals surface area contributed by atoms with Gasteiger partial charge in [-0.15, -0.1) is 0 Å². The Balaban J connectivity index is 0.000000199. The van der Waals surface area contributed by atoms with Gasteiger partial charge in [-0.2, -0.15) is 0 Å². The molecule has 0 aliphatic heterocycles. The maximum absolute atomic E-state index is 10.1. The van der Waals surface area contributed by atoms with Crippen molar-refractivity contribution in [2.75, 3.05) is 7.11 Å². The van der Waals surface area contributed by atoms with Gasteiger partial charge < -0.3 is 4.74 Å². The van der Waals surface area contributed by atoms with Crippen molar-refractivity contribution < 1.29 is 9.53 Å². The molecule has 0 fully saturated rings. The summed E-state index contributed by atoms with van der Waals surface area (Å²) in [6, 6.07) is 21.4. The zero-order chi connectivity index (χ0) is 15.1. The fourth-order valence-electron chi connectivity index (χ4n) is 2.09. The molecule has 0 saturated heterocycles. The fraction of sp³-hybridized carbons (Fsp3) is 0.105. The van der Waals surface area contributed by atoms with Crippen LogP contribution in [0.1, 0.15) is 6.92 Å². The number of methoxy groups -OCH3 is 1. The largest absolute Gasteiger partial charge is 0.466 e. The average molecular weight is 278 g/mol. The van der Waals surface area contributed by atoms with E-state index in [9.17, 15) is 4.79 Å². The maximum Gasteiger partial charge on any atom is 0.330 e. The second-order valence-electron chi connectivity index (χ2n) is 4.57. The molecule has 0 unspecified atom stereocenters. The van der Waals surface area contributed by atoms with Crippen LogP contribution in [0.3, 0.4) is 0 Å². The minimum absolute atomic E-state index is 0.303. The Labute approximate surface area is 124 Å².